The Hall–Kier alpha value is -1.43. The Labute approximate surface area is 200 Å². The zero-order valence-electron chi connectivity index (χ0n) is 21.3. The van der Waals surface area contributed by atoms with Crippen molar-refractivity contribution in [2.45, 2.75) is 91.8 Å². The SMILES string of the molecule is C=C1/C(=C\C=C2/CCC[C@]3(C)[C@@H]([C@H](C)COC/C(=N\O)C(C)(C)C)CC[C@@H]23)C[C@@H](O)C[C@@H]1O. The van der Waals surface area contributed by atoms with Crippen LogP contribution in [0.3, 0.4) is 0 Å². The van der Waals surface area contributed by atoms with Crippen LogP contribution < -0.4 is 0 Å². The lowest BCUT2D eigenvalue weighted by atomic mass is 9.61. The highest BCUT2D eigenvalue weighted by Crippen LogP contribution is 2.59. The largest absolute Gasteiger partial charge is 0.411 e. The van der Waals surface area contributed by atoms with Crippen molar-refractivity contribution in [3.8, 4) is 0 Å². The highest BCUT2D eigenvalue weighted by atomic mass is 16.5. The van der Waals surface area contributed by atoms with Crippen LogP contribution in [0.15, 0.2) is 40.6 Å². The number of nitrogens with zero attached hydrogens (tertiary/aromatic N) is 1. The molecule has 0 aromatic heterocycles. The van der Waals surface area contributed by atoms with Gasteiger partial charge >= 0.3 is 0 Å². The molecule has 6 atom stereocenters. The Balaban J connectivity index is 1.67. The van der Waals surface area contributed by atoms with Gasteiger partial charge < -0.3 is 20.2 Å². The van der Waals surface area contributed by atoms with Crippen LogP contribution in [0.2, 0.25) is 0 Å². The van der Waals surface area contributed by atoms with Gasteiger partial charge in [-0.1, -0.05) is 64.1 Å². The van der Waals surface area contributed by atoms with Gasteiger partial charge in [-0.25, -0.2) is 0 Å². The summed E-state index contributed by atoms with van der Waals surface area (Å²) in [6, 6.07) is 0. The van der Waals surface area contributed by atoms with Gasteiger partial charge in [0.25, 0.3) is 0 Å². The second-order valence-corrected chi connectivity index (χ2v) is 12.0. The quantitative estimate of drug-likeness (QED) is 0.272. The summed E-state index contributed by atoms with van der Waals surface area (Å²) in [6.45, 7) is 16.0. The van der Waals surface area contributed by atoms with E-state index in [4.69, 9.17) is 4.74 Å². The third kappa shape index (κ3) is 5.80. The molecule has 186 valence electrons. The number of allylic oxidation sites excluding steroid dienone is 3. The maximum absolute atomic E-state index is 10.2. The number of ether oxygens (including phenoxy) is 1. The van der Waals surface area contributed by atoms with Crippen molar-refractivity contribution >= 4 is 5.71 Å². The fraction of sp³-hybridized carbons (Fsp3) is 0.750. The first-order chi connectivity index (χ1) is 15.5. The molecule has 3 aliphatic rings. The smallest absolute Gasteiger partial charge is 0.0887 e. The summed E-state index contributed by atoms with van der Waals surface area (Å²) >= 11 is 0. The van der Waals surface area contributed by atoms with Gasteiger partial charge in [0.1, 0.15) is 0 Å². The molecule has 3 aliphatic carbocycles. The van der Waals surface area contributed by atoms with Crippen molar-refractivity contribution in [2.75, 3.05) is 13.2 Å². The summed E-state index contributed by atoms with van der Waals surface area (Å²) in [7, 11) is 0. The Morgan fingerprint density at radius 3 is 2.67 bits per heavy atom. The predicted octanol–water partition coefficient (Wildman–Crippen LogP) is 5.66. The van der Waals surface area contributed by atoms with Crippen molar-refractivity contribution in [1.29, 1.82) is 0 Å². The van der Waals surface area contributed by atoms with Gasteiger partial charge in [0.15, 0.2) is 0 Å². The third-order valence-corrected chi connectivity index (χ3v) is 8.59. The zero-order valence-corrected chi connectivity index (χ0v) is 21.3. The minimum atomic E-state index is -0.638. The molecule has 0 bridgehead atoms. The fourth-order valence-electron chi connectivity index (χ4n) is 6.53. The molecule has 0 spiro atoms. The van der Waals surface area contributed by atoms with Crippen LogP contribution >= 0.6 is 0 Å². The number of aliphatic hydroxyl groups excluding tert-OH is 2. The molecule has 3 fully saturated rings. The molecule has 5 heteroatoms. The van der Waals surface area contributed by atoms with E-state index in [9.17, 15) is 15.4 Å². The first kappa shape index (κ1) is 26.2. The molecule has 33 heavy (non-hydrogen) atoms. The summed E-state index contributed by atoms with van der Waals surface area (Å²) < 4.78 is 6.03. The summed E-state index contributed by atoms with van der Waals surface area (Å²) in [5.41, 5.74) is 4.00. The molecule has 0 radical (unpaired) electrons. The molecule has 0 aromatic rings. The van der Waals surface area contributed by atoms with Crippen molar-refractivity contribution < 1.29 is 20.2 Å². The molecule has 5 nitrogen and oxygen atoms in total. The Kier molecular flexibility index (Phi) is 8.29. The van der Waals surface area contributed by atoms with E-state index in [1.54, 1.807) is 0 Å². The first-order valence-corrected chi connectivity index (χ1v) is 12.7. The molecule has 0 heterocycles. The Morgan fingerprint density at radius 1 is 1.27 bits per heavy atom. The third-order valence-electron chi connectivity index (χ3n) is 8.59. The number of hydrogen-bond acceptors (Lipinski definition) is 5. The number of hydrogen-bond donors (Lipinski definition) is 3. The van der Waals surface area contributed by atoms with Gasteiger partial charge in [0, 0.05) is 18.4 Å². The van der Waals surface area contributed by atoms with Crippen LogP contribution in [-0.2, 0) is 4.74 Å². The molecule has 3 saturated carbocycles. The lowest BCUT2D eigenvalue weighted by molar-refractivity contribution is 0.0441. The van der Waals surface area contributed by atoms with E-state index in [1.807, 2.05) is 20.8 Å². The maximum Gasteiger partial charge on any atom is 0.0887 e. The van der Waals surface area contributed by atoms with E-state index in [-0.39, 0.29) is 10.8 Å². The zero-order chi connectivity index (χ0) is 24.4. The van der Waals surface area contributed by atoms with E-state index < -0.39 is 12.2 Å². The van der Waals surface area contributed by atoms with Crippen LogP contribution in [-0.4, -0.2) is 46.6 Å². The Bertz CT molecular complexity index is 805. The first-order valence-electron chi connectivity index (χ1n) is 12.7. The summed E-state index contributed by atoms with van der Waals surface area (Å²) in [6.07, 6.45) is 10.2. The second kappa shape index (κ2) is 10.5. The average Bonchev–Trinajstić information content (AvgIpc) is 3.09. The Morgan fingerprint density at radius 2 is 2.00 bits per heavy atom. The summed E-state index contributed by atoms with van der Waals surface area (Å²) in [5.74, 6) is 1.63. The van der Waals surface area contributed by atoms with Crippen LogP contribution in [0.4, 0.5) is 0 Å². The van der Waals surface area contributed by atoms with Gasteiger partial charge in [0.05, 0.1) is 24.5 Å². The molecular weight excluding hydrogens is 414 g/mol. The van der Waals surface area contributed by atoms with E-state index >= 15 is 0 Å². The standard InChI is InChI=1S/C28H45NO4/c1-18(16-33-17-26(29-32)27(3,4)5)23-11-12-24-20(8-7-13-28(23,24)6)9-10-21-14-22(30)15-25(31)19(21)2/h9-10,18,22-25,30-32H,2,7-8,11-17H2,1,3-6H3/b20-9+,21-10-,29-26+/t18-,22-,23-,24+,25+,28-/m1/s1. The van der Waals surface area contributed by atoms with Crippen LogP contribution in [0.1, 0.15) is 79.6 Å². The van der Waals surface area contributed by atoms with Crippen molar-refractivity contribution in [2.24, 2.45) is 33.7 Å². The lowest BCUT2D eigenvalue weighted by Gasteiger charge is -2.44. The van der Waals surface area contributed by atoms with Gasteiger partial charge in [-0.05, 0) is 72.8 Å². The minimum Gasteiger partial charge on any atom is -0.411 e. The van der Waals surface area contributed by atoms with E-state index in [0.29, 0.717) is 49.5 Å². The highest BCUT2D eigenvalue weighted by Gasteiger charge is 2.50. The summed E-state index contributed by atoms with van der Waals surface area (Å²) in [4.78, 5) is 0. The summed E-state index contributed by atoms with van der Waals surface area (Å²) in [5, 5.41) is 33.0. The van der Waals surface area contributed by atoms with Crippen molar-refractivity contribution in [3.63, 3.8) is 0 Å². The van der Waals surface area contributed by atoms with Gasteiger partial charge in [-0.15, -0.1) is 0 Å². The molecule has 0 aromatic carbocycles. The molecule has 3 N–H and O–H groups in total. The fourth-order valence-corrected chi connectivity index (χ4v) is 6.53. The number of rotatable bonds is 6. The van der Waals surface area contributed by atoms with Crippen molar-refractivity contribution in [1.82, 2.24) is 0 Å². The van der Waals surface area contributed by atoms with E-state index in [1.165, 1.54) is 31.3 Å². The molecule has 0 aliphatic heterocycles. The monoisotopic (exact) mass is 459 g/mol. The maximum atomic E-state index is 10.2. The van der Waals surface area contributed by atoms with E-state index in [0.717, 1.165) is 17.6 Å². The molecule has 3 rings (SSSR count). The molecule has 0 saturated heterocycles. The van der Waals surface area contributed by atoms with Gasteiger partial charge in [0.2, 0.25) is 0 Å². The van der Waals surface area contributed by atoms with Gasteiger partial charge in [-0.3, -0.25) is 0 Å². The van der Waals surface area contributed by atoms with Crippen molar-refractivity contribution in [3.05, 3.63) is 35.5 Å². The van der Waals surface area contributed by atoms with Crippen LogP contribution in [0.5, 0.6) is 0 Å². The molecular formula is C28H45NO4. The van der Waals surface area contributed by atoms with Crippen LogP contribution in [0.25, 0.3) is 0 Å². The highest BCUT2D eigenvalue weighted by molar-refractivity contribution is 5.89. The average molecular weight is 460 g/mol. The molecule has 0 unspecified atom stereocenters. The predicted molar refractivity (Wildman–Crippen MR) is 133 cm³/mol. The van der Waals surface area contributed by atoms with E-state index in [2.05, 4.69) is 37.7 Å². The van der Waals surface area contributed by atoms with Gasteiger partial charge in [-0.2, -0.15) is 0 Å². The number of oxime groups is 1. The second-order valence-electron chi connectivity index (χ2n) is 12.0. The lowest BCUT2D eigenvalue weighted by Crippen LogP contribution is -2.37. The van der Waals surface area contributed by atoms with Crippen LogP contribution in [0, 0.1) is 28.6 Å². The topological polar surface area (TPSA) is 82.3 Å². The number of fused-ring (bicyclic) bond motifs is 1. The minimum absolute atomic E-state index is 0.199. The number of aliphatic hydroxyl groups is 2. The normalized spacial score (nSPS) is 36.9. The molecule has 0 amide bonds.